The summed E-state index contributed by atoms with van der Waals surface area (Å²) in [4.78, 5) is 20.2. The average molecular weight is 444 g/mol. The number of carbonyl (C=O) groups excluding carboxylic acids is 1. The first-order valence-corrected chi connectivity index (χ1v) is 11.7. The number of nitrogens with zero attached hydrogens (tertiary/aromatic N) is 5. The Morgan fingerprint density at radius 3 is 2.48 bits per heavy atom. The number of tetrazole rings is 1. The van der Waals surface area contributed by atoms with E-state index in [9.17, 15) is 4.79 Å². The Hall–Kier alpha value is -3.39. The van der Waals surface area contributed by atoms with E-state index in [-0.39, 0.29) is 11.9 Å². The highest BCUT2D eigenvalue weighted by Crippen LogP contribution is 2.40. The minimum absolute atomic E-state index is 0.119. The highest BCUT2D eigenvalue weighted by atomic mass is 16.2. The Kier molecular flexibility index (Phi) is 5.76. The summed E-state index contributed by atoms with van der Waals surface area (Å²) in [6.07, 6.45) is 5.54. The molecule has 0 radical (unpaired) electrons. The number of amidine groups is 1. The molecular weight excluding hydrogens is 414 g/mol. The average Bonchev–Trinajstić information content (AvgIpc) is 3.59. The number of hydrogen-bond donors (Lipinski definition) is 2. The normalized spacial score (nSPS) is 18.2. The second-order valence-electron chi connectivity index (χ2n) is 8.97. The topological polar surface area (TPSA) is 113 Å². The summed E-state index contributed by atoms with van der Waals surface area (Å²) in [5.41, 5.74) is 9.93. The Labute approximate surface area is 193 Å². The fourth-order valence-corrected chi connectivity index (χ4v) is 5.02. The van der Waals surface area contributed by atoms with Gasteiger partial charge in [-0.25, -0.2) is 0 Å². The summed E-state index contributed by atoms with van der Waals surface area (Å²) in [7, 11) is 0. The van der Waals surface area contributed by atoms with Crippen LogP contribution in [-0.4, -0.2) is 48.8 Å². The third-order valence-electron chi connectivity index (χ3n) is 6.73. The van der Waals surface area contributed by atoms with Crippen LogP contribution >= 0.6 is 0 Å². The summed E-state index contributed by atoms with van der Waals surface area (Å²) in [5.74, 6) is 1.44. The molecule has 1 spiro atoms. The molecule has 1 saturated carbocycles. The molecule has 1 unspecified atom stereocenters. The van der Waals surface area contributed by atoms with E-state index in [4.69, 9.17) is 10.7 Å². The van der Waals surface area contributed by atoms with Crippen LogP contribution in [0, 0.1) is 0 Å². The van der Waals surface area contributed by atoms with Gasteiger partial charge in [-0.05, 0) is 41.2 Å². The molecule has 2 heterocycles. The molecular formula is C25H29N7O. The van der Waals surface area contributed by atoms with Gasteiger partial charge in [-0.15, -0.1) is 10.2 Å². The summed E-state index contributed by atoms with van der Waals surface area (Å²) in [6, 6.07) is 16.1. The van der Waals surface area contributed by atoms with E-state index >= 15 is 0 Å². The van der Waals surface area contributed by atoms with Crippen molar-refractivity contribution in [3.63, 3.8) is 0 Å². The number of aromatic amines is 1. The van der Waals surface area contributed by atoms with Gasteiger partial charge < -0.3 is 5.73 Å². The molecule has 2 aromatic carbocycles. The number of carbonyl (C=O) groups is 1. The lowest BCUT2D eigenvalue weighted by atomic mass is 9.97. The molecule has 1 amide bonds. The summed E-state index contributed by atoms with van der Waals surface area (Å²) in [5, 5.41) is 14.4. The molecule has 8 heteroatoms. The quantitative estimate of drug-likeness (QED) is 0.578. The minimum atomic E-state index is -0.579. The van der Waals surface area contributed by atoms with Crippen molar-refractivity contribution in [2.24, 2.45) is 10.7 Å². The number of amides is 1. The second kappa shape index (κ2) is 8.86. The number of rotatable bonds is 7. The van der Waals surface area contributed by atoms with Crippen LogP contribution in [0.3, 0.4) is 0 Å². The van der Waals surface area contributed by atoms with Crippen LogP contribution in [0.15, 0.2) is 53.5 Å². The number of benzene rings is 2. The summed E-state index contributed by atoms with van der Waals surface area (Å²) < 4.78 is 0. The SMILES string of the molecule is CCCC(N)C1=NC2(CCCC2)C(=O)N1Cc1ccc(-c2ccccc2-c2nn[nH]n2)cc1. The van der Waals surface area contributed by atoms with Crippen LogP contribution in [0.4, 0.5) is 0 Å². The van der Waals surface area contributed by atoms with Gasteiger partial charge in [-0.3, -0.25) is 14.7 Å². The molecule has 0 saturated heterocycles. The van der Waals surface area contributed by atoms with Crippen molar-refractivity contribution in [3.05, 3.63) is 54.1 Å². The molecule has 33 heavy (non-hydrogen) atoms. The van der Waals surface area contributed by atoms with Crippen LogP contribution in [0.1, 0.15) is 51.0 Å². The lowest BCUT2D eigenvalue weighted by Crippen LogP contribution is -2.45. The smallest absolute Gasteiger partial charge is 0.256 e. The van der Waals surface area contributed by atoms with Gasteiger partial charge in [0.25, 0.3) is 5.91 Å². The predicted molar refractivity (Wildman–Crippen MR) is 127 cm³/mol. The van der Waals surface area contributed by atoms with Crippen LogP contribution in [0.5, 0.6) is 0 Å². The van der Waals surface area contributed by atoms with E-state index in [2.05, 4.69) is 51.8 Å². The second-order valence-corrected chi connectivity index (χ2v) is 8.97. The predicted octanol–water partition coefficient (Wildman–Crippen LogP) is 3.71. The van der Waals surface area contributed by atoms with Crippen molar-refractivity contribution in [3.8, 4) is 22.5 Å². The lowest BCUT2D eigenvalue weighted by molar-refractivity contribution is -0.131. The van der Waals surface area contributed by atoms with Crippen LogP contribution in [-0.2, 0) is 11.3 Å². The molecule has 1 aliphatic heterocycles. The minimum Gasteiger partial charge on any atom is -0.321 e. The molecule has 1 aromatic heterocycles. The van der Waals surface area contributed by atoms with E-state index < -0.39 is 5.54 Å². The van der Waals surface area contributed by atoms with E-state index in [0.717, 1.165) is 66.6 Å². The van der Waals surface area contributed by atoms with Crippen molar-refractivity contribution in [1.82, 2.24) is 25.5 Å². The molecule has 1 fully saturated rings. The zero-order chi connectivity index (χ0) is 22.8. The molecule has 170 valence electrons. The zero-order valence-electron chi connectivity index (χ0n) is 18.9. The van der Waals surface area contributed by atoms with Gasteiger partial charge in [0.2, 0.25) is 5.82 Å². The van der Waals surface area contributed by atoms with Crippen LogP contribution < -0.4 is 5.73 Å². The number of aromatic nitrogens is 4. The maximum atomic E-state index is 13.5. The Morgan fingerprint density at radius 1 is 1.09 bits per heavy atom. The van der Waals surface area contributed by atoms with Crippen LogP contribution in [0.25, 0.3) is 22.5 Å². The first kappa shape index (κ1) is 21.5. The Morgan fingerprint density at radius 2 is 1.82 bits per heavy atom. The third kappa shape index (κ3) is 3.95. The monoisotopic (exact) mass is 443 g/mol. The van der Waals surface area contributed by atoms with Crippen molar-refractivity contribution in [2.45, 2.75) is 63.6 Å². The molecule has 3 aromatic rings. The Balaban J connectivity index is 1.40. The number of aliphatic imine (C=N–C) groups is 1. The standard InChI is InChI=1S/C25H29N7O/c1-2-7-21(26)23-27-25(14-5-6-15-25)24(33)32(23)16-17-10-12-18(13-11-17)19-8-3-4-9-20(19)22-28-30-31-29-22/h3-4,8-13,21H,2,5-7,14-16,26H2,1H3,(H,28,29,30,31). The number of nitrogens with one attached hydrogen (secondary N) is 1. The largest absolute Gasteiger partial charge is 0.321 e. The van der Waals surface area contributed by atoms with E-state index in [1.165, 1.54) is 0 Å². The first-order chi connectivity index (χ1) is 16.1. The van der Waals surface area contributed by atoms with Crippen LogP contribution in [0.2, 0.25) is 0 Å². The summed E-state index contributed by atoms with van der Waals surface area (Å²) in [6.45, 7) is 2.60. The maximum Gasteiger partial charge on any atom is 0.256 e. The lowest BCUT2D eigenvalue weighted by Gasteiger charge is -2.24. The van der Waals surface area contributed by atoms with Gasteiger partial charge in [0.1, 0.15) is 11.4 Å². The number of H-pyrrole nitrogens is 1. The number of nitrogens with two attached hydrogens (primary N) is 1. The van der Waals surface area contributed by atoms with Gasteiger partial charge in [0.15, 0.2) is 0 Å². The van der Waals surface area contributed by atoms with E-state index in [1.807, 2.05) is 29.2 Å². The van der Waals surface area contributed by atoms with Crippen molar-refractivity contribution < 1.29 is 4.79 Å². The fraction of sp³-hybridized carbons (Fsp3) is 0.400. The maximum absolute atomic E-state index is 13.5. The van der Waals surface area contributed by atoms with E-state index in [1.54, 1.807) is 0 Å². The van der Waals surface area contributed by atoms with Crippen molar-refractivity contribution >= 4 is 11.7 Å². The highest BCUT2D eigenvalue weighted by molar-refractivity contribution is 6.10. The van der Waals surface area contributed by atoms with Crippen molar-refractivity contribution in [1.29, 1.82) is 0 Å². The Bertz CT molecular complexity index is 1150. The molecule has 1 aliphatic carbocycles. The van der Waals surface area contributed by atoms with Gasteiger partial charge in [0.05, 0.1) is 12.6 Å². The number of hydrogen-bond acceptors (Lipinski definition) is 6. The fourth-order valence-electron chi connectivity index (χ4n) is 5.02. The molecule has 2 aliphatic rings. The molecule has 0 bridgehead atoms. The van der Waals surface area contributed by atoms with Gasteiger partial charge in [-0.2, -0.15) is 5.21 Å². The molecule has 1 atom stereocenters. The molecule has 5 rings (SSSR count). The van der Waals surface area contributed by atoms with E-state index in [0.29, 0.717) is 12.4 Å². The molecule has 8 nitrogen and oxygen atoms in total. The van der Waals surface area contributed by atoms with Gasteiger partial charge in [0, 0.05) is 5.56 Å². The third-order valence-corrected chi connectivity index (χ3v) is 6.73. The van der Waals surface area contributed by atoms with Gasteiger partial charge in [-0.1, -0.05) is 74.7 Å². The summed E-state index contributed by atoms with van der Waals surface area (Å²) >= 11 is 0. The van der Waals surface area contributed by atoms with Crippen molar-refractivity contribution in [2.75, 3.05) is 0 Å². The zero-order valence-corrected chi connectivity index (χ0v) is 18.9. The highest BCUT2D eigenvalue weighted by Gasteiger charge is 2.50. The molecule has 3 N–H and O–H groups in total. The van der Waals surface area contributed by atoms with Gasteiger partial charge >= 0.3 is 0 Å². The first-order valence-electron chi connectivity index (χ1n) is 11.7.